The summed E-state index contributed by atoms with van der Waals surface area (Å²) >= 11 is 0. The fraction of sp³-hybridized carbons (Fsp3) is 0.208. The number of amides is 2. The number of anilines is 1. The molecule has 1 aromatic heterocycles. The molecule has 0 saturated heterocycles. The molecule has 1 atom stereocenters. The minimum Gasteiger partial charge on any atom is -0.480 e. The zero-order valence-electron chi connectivity index (χ0n) is 18.0. The number of rotatable bonds is 7. The summed E-state index contributed by atoms with van der Waals surface area (Å²) in [6.07, 6.45) is -6.49. The SMILES string of the molecule is O=C(Nc1ccoc1C(=O)NC(CC(F)(F)F)C(=O)O)OCC1c2ccccc2-c2ccccc21. The number of fused-ring (bicyclic) bond motifs is 3. The molecule has 3 N–H and O–H groups in total. The van der Waals surface area contributed by atoms with Crippen molar-refractivity contribution in [2.45, 2.75) is 24.6 Å². The molecule has 3 aromatic rings. The molecule has 182 valence electrons. The first-order valence-corrected chi connectivity index (χ1v) is 10.4. The lowest BCUT2D eigenvalue weighted by molar-refractivity contribution is -0.157. The molecule has 2 aromatic carbocycles. The van der Waals surface area contributed by atoms with Crippen LogP contribution in [0.2, 0.25) is 0 Å². The third-order valence-electron chi connectivity index (χ3n) is 5.49. The third-order valence-corrected chi connectivity index (χ3v) is 5.49. The summed E-state index contributed by atoms with van der Waals surface area (Å²) in [5.41, 5.74) is 3.88. The minimum atomic E-state index is -4.82. The van der Waals surface area contributed by atoms with Crippen molar-refractivity contribution in [1.29, 1.82) is 0 Å². The second-order valence-corrected chi connectivity index (χ2v) is 7.80. The van der Waals surface area contributed by atoms with Gasteiger partial charge in [-0.15, -0.1) is 0 Å². The fourth-order valence-electron chi connectivity index (χ4n) is 3.98. The normalized spacial score (nSPS) is 13.5. The van der Waals surface area contributed by atoms with E-state index in [1.165, 1.54) is 6.07 Å². The van der Waals surface area contributed by atoms with Gasteiger partial charge in [0.1, 0.15) is 12.6 Å². The van der Waals surface area contributed by atoms with Crippen LogP contribution in [0.15, 0.2) is 65.3 Å². The van der Waals surface area contributed by atoms with Crippen molar-refractivity contribution in [3.05, 3.63) is 77.7 Å². The van der Waals surface area contributed by atoms with Crippen molar-refractivity contribution in [1.82, 2.24) is 5.32 Å². The summed E-state index contributed by atoms with van der Waals surface area (Å²) in [4.78, 5) is 35.9. The van der Waals surface area contributed by atoms with Crippen LogP contribution in [0.4, 0.5) is 23.7 Å². The van der Waals surface area contributed by atoms with Crippen molar-refractivity contribution >= 4 is 23.7 Å². The average molecular weight is 488 g/mol. The predicted molar refractivity (Wildman–Crippen MR) is 117 cm³/mol. The van der Waals surface area contributed by atoms with Gasteiger partial charge in [0.15, 0.2) is 0 Å². The van der Waals surface area contributed by atoms with Gasteiger partial charge in [-0.25, -0.2) is 9.59 Å². The highest BCUT2D eigenvalue weighted by molar-refractivity contribution is 6.01. The van der Waals surface area contributed by atoms with Gasteiger partial charge in [0.2, 0.25) is 5.76 Å². The number of furan rings is 1. The Morgan fingerprint density at radius 2 is 1.60 bits per heavy atom. The van der Waals surface area contributed by atoms with Gasteiger partial charge >= 0.3 is 18.2 Å². The standard InChI is InChI=1S/C24H19F3N2O6/c25-24(26,27)11-19(22(31)32)28-21(30)20-18(9-10-34-20)29-23(33)35-12-17-15-7-3-1-5-13(15)14-6-2-4-8-16(14)17/h1-10,17,19H,11-12H2,(H,28,30)(H,29,33)(H,31,32). The molecule has 0 saturated carbocycles. The topological polar surface area (TPSA) is 118 Å². The molecular weight excluding hydrogens is 469 g/mol. The quantitative estimate of drug-likeness (QED) is 0.441. The van der Waals surface area contributed by atoms with E-state index >= 15 is 0 Å². The first kappa shape index (κ1) is 23.9. The summed E-state index contributed by atoms with van der Waals surface area (Å²) in [7, 11) is 0. The minimum absolute atomic E-state index is 0.00802. The van der Waals surface area contributed by atoms with Gasteiger partial charge < -0.3 is 19.6 Å². The van der Waals surface area contributed by atoms with Gasteiger partial charge in [0.05, 0.1) is 18.4 Å². The average Bonchev–Trinajstić information content (AvgIpc) is 3.39. The summed E-state index contributed by atoms with van der Waals surface area (Å²) in [5.74, 6) is -3.88. The van der Waals surface area contributed by atoms with Crippen LogP contribution < -0.4 is 10.6 Å². The number of nitrogens with one attached hydrogen (secondary N) is 2. The number of benzene rings is 2. The molecule has 35 heavy (non-hydrogen) atoms. The number of carbonyl (C=O) groups excluding carboxylic acids is 2. The first-order valence-electron chi connectivity index (χ1n) is 10.4. The number of carbonyl (C=O) groups is 3. The van der Waals surface area contributed by atoms with Crippen molar-refractivity contribution in [2.75, 3.05) is 11.9 Å². The molecule has 0 radical (unpaired) electrons. The van der Waals surface area contributed by atoms with E-state index in [2.05, 4.69) is 5.32 Å². The Morgan fingerprint density at radius 1 is 1.00 bits per heavy atom. The monoisotopic (exact) mass is 488 g/mol. The third kappa shape index (κ3) is 5.29. The Balaban J connectivity index is 1.41. The van der Waals surface area contributed by atoms with E-state index in [0.29, 0.717) is 0 Å². The van der Waals surface area contributed by atoms with Crippen LogP contribution in [0, 0.1) is 0 Å². The van der Waals surface area contributed by atoms with Gasteiger partial charge in [-0.2, -0.15) is 13.2 Å². The van der Waals surface area contributed by atoms with E-state index in [-0.39, 0.29) is 18.2 Å². The maximum Gasteiger partial charge on any atom is 0.411 e. The molecule has 11 heteroatoms. The Morgan fingerprint density at radius 3 is 2.17 bits per heavy atom. The zero-order chi connectivity index (χ0) is 25.2. The summed E-state index contributed by atoms with van der Waals surface area (Å²) < 4.78 is 48.1. The summed E-state index contributed by atoms with van der Waals surface area (Å²) in [5, 5.41) is 13.0. The second-order valence-electron chi connectivity index (χ2n) is 7.80. The largest absolute Gasteiger partial charge is 0.480 e. The number of carboxylic acids is 1. The second kappa shape index (κ2) is 9.53. The molecule has 0 bridgehead atoms. The van der Waals surface area contributed by atoms with Gasteiger partial charge in [-0.1, -0.05) is 48.5 Å². The maximum absolute atomic E-state index is 12.6. The van der Waals surface area contributed by atoms with Crippen LogP contribution in [-0.2, 0) is 9.53 Å². The Labute approximate surface area is 196 Å². The molecule has 1 unspecified atom stereocenters. The maximum atomic E-state index is 12.6. The van der Waals surface area contributed by atoms with Gasteiger partial charge in [-0.05, 0) is 22.3 Å². The number of carboxylic acid groups (broad SMARTS) is 1. The van der Waals surface area contributed by atoms with Gasteiger partial charge in [0, 0.05) is 12.0 Å². The molecular formula is C24H19F3N2O6. The Hall–Kier alpha value is -4.28. The molecule has 1 aliphatic rings. The van der Waals surface area contributed by atoms with Gasteiger partial charge in [-0.3, -0.25) is 10.1 Å². The van der Waals surface area contributed by atoms with E-state index in [4.69, 9.17) is 14.3 Å². The predicted octanol–water partition coefficient (Wildman–Crippen LogP) is 4.78. The Bertz CT molecular complexity index is 1220. The number of halogens is 3. The van der Waals surface area contributed by atoms with Crippen LogP contribution >= 0.6 is 0 Å². The van der Waals surface area contributed by atoms with Crippen LogP contribution in [0.3, 0.4) is 0 Å². The lowest BCUT2D eigenvalue weighted by Crippen LogP contribution is -2.43. The van der Waals surface area contributed by atoms with Crippen LogP contribution in [0.1, 0.15) is 34.0 Å². The molecule has 1 heterocycles. The van der Waals surface area contributed by atoms with E-state index in [1.54, 1.807) is 5.32 Å². The molecule has 4 rings (SSSR count). The van der Waals surface area contributed by atoms with Crippen LogP contribution in [0.25, 0.3) is 11.1 Å². The van der Waals surface area contributed by atoms with Gasteiger partial charge in [0.25, 0.3) is 5.91 Å². The zero-order valence-corrected chi connectivity index (χ0v) is 18.0. The summed E-state index contributed by atoms with van der Waals surface area (Å²) in [6.45, 7) is -0.00802. The molecule has 0 fully saturated rings. The number of ether oxygens (including phenoxy) is 1. The number of hydrogen-bond donors (Lipinski definition) is 3. The highest BCUT2D eigenvalue weighted by atomic mass is 19.4. The number of alkyl halides is 3. The van der Waals surface area contributed by atoms with E-state index in [9.17, 15) is 27.6 Å². The van der Waals surface area contributed by atoms with Crippen molar-refractivity contribution < 1.29 is 41.8 Å². The van der Waals surface area contributed by atoms with Crippen molar-refractivity contribution in [3.63, 3.8) is 0 Å². The lowest BCUT2D eigenvalue weighted by atomic mass is 9.98. The van der Waals surface area contributed by atoms with Crippen LogP contribution in [0.5, 0.6) is 0 Å². The first-order chi connectivity index (χ1) is 16.6. The number of aliphatic carboxylic acids is 1. The van der Waals surface area contributed by atoms with E-state index in [1.807, 2.05) is 48.5 Å². The van der Waals surface area contributed by atoms with Crippen molar-refractivity contribution in [2.24, 2.45) is 0 Å². The molecule has 0 spiro atoms. The molecule has 0 aliphatic heterocycles. The van der Waals surface area contributed by atoms with E-state index in [0.717, 1.165) is 28.5 Å². The smallest absolute Gasteiger partial charge is 0.411 e. The summed E-state index contributed by atoms with van der Waals surface area (Å²) in [6, 6.07) is 14.4. The fourth-order valence-corrected chi connectivity index (χ4v) is 3.98. The van der Waals surface area contributed by atoms with Crippen molar-refractivity contribution in [3.8, 4) is 11.1 Å². The highest BCUT2D eigenvalue weighted by Crippen LogP contribution is 2.44. The van der Waals surface area contributed by atoms with E-state index < -0.39 is 42.4 Å². The lowest BCUT2D eigenvalue weighted by Gasteiger charge is -2.16. The molecule has 2 amide bonds. The van der Waals surface area contributed by atoms with Crippen LogP contribution in [-0.4, -0.2) is 41.9 Å². The number of hydrogen-bond acceptors (Lipinski definition) is 5. The highest BCUT2D eigenvalue weighted by Gasteiger charge is 2.37. The Kier molecular flexibility index (Phi) is 6.50. The molecule has 8 nitrogen and oxygen atoms in total. The molecule has 1 aliphatic carbocycles.